The molecule has 180 valence electrons. The fourth-order valence-corrected chi connectivity index (χ4v) is 4.38. The topological polar surface area (TPSA) is 34.1 Å². The van der Waals surface area contributed by atoms with Crippen LogP contribution in [0.5, 0.6) is 0 Å². The lowest BCUT2D eigenvalue weighted by Crippen LogP contribution is -2.03. The summed E-state index contributed by atoms with van der Waals surface area (Å²) in [6, 6.07) is 14.8. The molecule has 0 saturated heterocycles. The molecule has 2 heteroatoms. The monoisotopic (exact) mass is 448 g/mol. The highest BCUT2D eigenvalue weighted by Crippen LogP contribution is 2.16. The number of carbonyl (C=O) groups is 2. The highest BCUT2D eigenvalue weighted by Gasteiger charge is 2.11. The van der Waals surface area contributed by atoms with Gasteiger partial charge in [0.2, 0.25) is 0 Å². The van der Waals surface area contributed by atoms with E-state index in [-0.39, 0.29) is 11.6 Å². The summed E-state index contributed by atoms with van der Waals surface area (Å²) < 4.78 is 0. The van der Waals surface area contributed by atoms with Gasteiger partial charge in [-0.25, -0.2) is 0 Å². The van der Waals surface area contributed by atoms with Crippen molar-refractivity contribution in [3.63, 3.8) is 0 Å². The molecule has 0 aliphatic heterocycles. The van der Waals surface area contributed by atoms with Crippen molar-refractivity contribution < 1.29 is 9.59 Å². The first-order valence-electron chi connectivity index (χ1n) is 13.4. The number of Topliss-reactive ketones (excluding diaryl/α,β-unsaturated/α-hetero) is 1. The third kappa shape index (κ3) is 11.0. The molecule has 2 aromatic rings. The summed E-state index contributed by atoms with van der Waals surface area (Å²) in [6.07, 6.45) is 19.1. The zero-order valence-corrected chi connectivity index (χ0v) is 21.0. The van der Waals surface area contributed by atoms with Gasteiger partial charge in [-0.05, 0) is 19.4 Å². The summed E-state index contributed by atoms with van der Waals surface area (Å²) in [5.74, 6) is 0.188. The molecule has 0 aliphatic rings. The summed E-state index contributed by atoms with van der Waals surface area (Å²) in [5.41, 5.74) is 3.11. The lowest BCUT2D eigenvalue weighted by molar-refractivity contribution is 0.0977. The lowest BCUT2D eigenvalue weighted by Gasteiger charge is -2.05. The van der Waals surface area contributed by atoms with E-state index in [4.69, 9.17) is 0 Å². The number of carbonyl (C=O) groups excluding carboxylic acids is 2. The Balaban J connectivity index is 1.53. The number of aryl methyl sites for hydroxylation is 1. The summed E-state index contributed by atoms with van der Waals surface area (Å²) in [5, 5.41) is 0. The number of unbranched alkanes of at least 4 members (excludes halogenated alkanes) is 13. The van der Waals surface area contributed by atoms with E-state index >= 15 is 0 Å². The van der Waals surface area contributed by atoms with E-state index in [1.807, 2.05) is 31.2 Å². The van der Waals surface area contributed by atoms with Crippen LogP contribution in [0.25, 0.3) is 0 Å². The van der Waals surface area contributed by atoms with Gasteiger partial charge < -0.3 is 0 Å². The lowest BCUT2D eigenvalue weighted by atomic mass is 9.98. The van der Waals surface area contributed by atoms with Crippen molar-refractivity contribution in [3.8, 4) is 0 Å². The van der Waals surface area contributed by atoms with Crippen LogP contribution < -0.4 is 0 Å². The van der Waals surface area contributed by atoms with Crippen molar-refractivity contribution in [3.05, 3.63) is 70.8 Å². The van der Waals surface area contributed by atoms with Gasteiger partial charge >= 0.3 is 0 Å². The highest BCUT2D eigenvalue weighted by molar-refractivity contribution is 6.09. The number of hydrogen-bond acceptors (Lipinski definition) is 2. The van der Waals surface area contributed by atoms with Crippen LogP contribution in [0.2, 0.25) is 0 Å². The summed E-state index contributed by atoms with van der Waals surface area (Å²) in [6.45, 7) is 4.25. The Morgan fingerprint density at radius 1 is 0.576 bits per heavy atom. The van der Waals surface area contributed by atoms with Crippen LogP contribution in [0.15, 0.2) is 48.5 Å². The van der Waals surface area contributed by atoms with Crippen LogP contribution in [-0.4, -0.2) is 11.6 Å². The summed E-state index contributed by atoms with van der Waals surface area (Å²) in [7, 11) is 0. The van der Waals surface area contributed by atoms with E-state index in [1.165, 1.54) is 77.0 Å². The maximum atomic E-state index is 12.6. The van der Waals surface area contributed by atoms with Crippen molar-refractivity contribution in [2.45, 2.75) is 110 Å². The van der Waals surface area contributed by atoms with Gasteiger partial charge in [0.05, 0.1) is 0 Å². The van der Waals surface area contributed by atoms with Crippen LogP contribution in [-0.2, 0) is 0 Å². The Morgan fingerprint density at radius 2 is 1.06 bits per heavy atom. The Morgan fingerprint density at radius 3 is 1.58 bits per heavy atom. The van der Waals surface area contributed by atoms with Crippen molar-refractivity contribution in [1.29, 1.82) is 0 Å². The van der Waals surface area contributed by atoms with Crippen molar-refractivity contribution in [1.82, 2.24) is 0 Å². The fraction of sp³-hybridized carbons (Fsp3) is 0.548. The maximum absolute atomic E-state index is 12.6. The first-order chi connectivity index (χ1) is 16.1. The second-order valence-corrected chi connectivity index (χ2v) is 9.55. The average molecular weight is 449 g/mol. The molecule has 2 rings (SSSR count). The fourth-order valence-electron chi connectivity index (χ4n) is 4.38. The number of benzene rings is 2. The van der Waals surface area contributed by atoms with Crippen LogP contribution in [0.4, 0.5) is 0 Å². The molecule has 2 nitrogen and oxygen atoms in total. The average Bonchev–Trinajstić information content (AvgIpc) is 2.83. The molecular weight excluding hydrogens is 404 g/mol. The Kier molecular flexibility index (Phi) is 13.4. The van der Waals surface area contributed by atoms with E-state index < -0.39 is 0 Å². The molecule has 33 heavy (non-hydrogen) atoms. The highest BCUT2D eigenvalue weighted by atomic mass is 16.1. The smallest absolute Gasteiger partial charge is 0.193 e. The SMILES string of the molecule is CCCCCCCCCCCCCCCCC(=O)c1ccc(C(=O)c2cccc(C)c2)cc1. The Hall–Kier alpha value is -2.22. The van der Waals surface area contributed by atoms with Crippen LogP contribution in [0.3, 0.4) is 0 Å². The second kappa shape index (κ2) is 16.4. The molecule has 0 spiro atoms. The van der Waals surface area contributed by atoms with Gasteiger partial charge in [-0.1, -0.05) is 138 Å². The Labute approximate surface area is 202 Å². The van der Waals surface area contributed by atoms with Crippen molar-refractivity contribution in [2.75, 3.05) is 0 Å². The third-order valence-electron chi connectivity index (χ3n) is 6.51. The molecule has 2 aromatic carbocycles. The van der Waals surface area contributed by atoms with E-state index in [0.717, 1.165) is 18.4 Å². The molecule has 0 atom stereocenters. The van der Waals surface area contributed by atoms with Gasteiger partial charge in [-0.3, -0.25) is 9.59 Å². The molecule has 0 aromatic heterocycles. The minimum Gasteiger partial charge on any atom is -0.294 e. The maximum Gasteiger partial charge on any atom is 0.193 e. The van der Waals surface area contributed by atoms with Gasteiger partial charge in [0.15, 0.2) is 11.6 Å². The van der Waals surface area contributed by atoms with E-state index in [1.54, 1.807) is 24.3 Å². The van der Waals surface area contributed by atoms with E-state index in [0.29, 0.717) is 23.1 Å². The van der Waals surface area contributed by atoms with Crippen LogP contribution in [0, 0.1) is 6.92 Å². The molecule has 0 N–H and O–H groups in total. The molecule has 0 saturated carbocycles. The molecule has 0 unspecified atom stereocenters. The molecular formula is C31H44O2. The zero-order chi connectivity index (χ0) is 23.7. The molecule has 0 amide bonds. The summed E-state index contributed by atoms with van der Waals surface area (Å²) in [4.78, 5) is 25.1. The minimum atomic E-state index is 0.00433. The van der Waals surface area contributed by atoms with Gasteiger partial charge in [0.1, 0.15) is 0 Å². The quantitative estimate of drug-likeness (QED) is 0.168. The first kappa shape index (κ1) is 27.0. The van der Waals surface area contributed by atoms with Crippen LogP contribution >= 0.6 is 0 Å². The van der Waals surface area contributed by atoms with Crippen molar-refractivity contribution >= 4 is 11.6 Å². The van der Waals surface area contributed by atoms with Crippen molar-refractivity contribution in [2.24, 2.45) is 0 Å². The van der Waals surface area contributed by atoms with E-state index in [9.17, 15) is 9.59 Å². The molecule has 0 bridgehead atoms. The Bertz CT molecular complexity index is 819. The third-order valence-corrected chi connectivity index (χ3v) is 6.51. The second-order valence-electron chi connectivity index (χ2n) is 9.55. The molecule has 0 fully saturated rings. The number of hydrogen-bond donors (Lipinski definition) is 0. The number of rotatable bonds is 18. The molecule has 0 radical (unpaired) electrons. The van der Waals surface area contributed by atoms with Crippen LogP contribution in [0.1, 0.15) is 135 Å². The predicted octanol–water partition coefficient (Wildman–Crippen LogP) is 9.28. The first-order valence-corrected chi connectivity index (χ1v) is 13.4. The van der Waals surface area contributed by atoms with Gasteiger partial charge in [-0.15, -0.1) is 0 Å². The summed E-state index contributed by atoms with van der Waals surface area (Å²) >= 11 is 0. The van der Waals surface area contributed by atoms with Gasteiger partial charge in [-0.2, -0.15) is 0 Å². The zero-order valence-electron chi connectivity index (χ0n) is 21.0. The standard InChI is InChI=1S/C31H44O2/c1-3-4-5-6-7-8-9-10-11-12-13-14-15-16-20-30(32)27-21-23-28(24-22-27)31(33)29-19-17-18-26(2)25-29/h17-19,21-25H,3-16,20H2,1-2H3. The van der Waals surface area contributed by atoms with E-state index in [2.05, 4.69) is 6.92 Å². The largest absolute Gasteiger partial charge is 0.294 e. The minimum absolute atomic E-state index is 0.00433. The van der Waals surface area contributed by atoms with Gasteiger partial charge in [0.25, 0.3) is 0 Å². The normalized spacial score (nSPS) is 11.0. The number of ketones is 2. The predicted molar refractivity (Wildman–Crippen MR) is 140 cm³/mol. The molecule has 0 heterocycles. The molecule has 0 aliphatic carbocycles. The van der Waals surface area contributed by atoms with Gasteiger partial charge in [0, 0.05) is 23.1 Å².